The molecule has 0 aliphatic rings. The van der Waals surface area contributed by atoms with Gasteiger partial charge in [-0.15, -0.1) is 0 Å². The highest BCUT2D eigenvalue weighted by Gasteiger charge is 2.16. The number of nitrogens with two attached hydrogens (primary N) is 1. The van der Waals surface area contributed by atoms with Gasteiger partial charge in [0.1, 0.15) is 5.75 Å². The molecule has 0 bridgehead atoms. The quantitative estimate of drug-likeness (QED) is 0.788. The number of hydrogen-bond acceptors (Lipinski definition) is 3. The average molecular weight is 264 g/mol. The maximum Gasteiger partial charge on any atom is 0.224 e. The molecule has 1 aromatic rings. The normalized spacial score (nSPS) is 12.3. The van der Waals surface area contributed by atoms with Crippen LogP contribution >= 0.6 is 0 Å². The number of hydrogen-bond donors (Lipinski definition) is 2. The third-order valence-electron chi connectivity index (χ3n) is 2.78. The van der Waals surface area contributed by atoms with Crippen LogP contribution in [0.3, 0.4) is 0 Å². The molecule has 0 aliphatic carbocycles. The lowest BCUT2D eigenvalue weighted by atomic mass is 9.98. The summed E-state index contributed by atoms with van der Waals surface area (Å²) in [5.41, 5.74) is 6.76. The highest BCUT2D eigenvalue weighted by molar-refractivity contribution is 5.79. The van der Waals surface area contributed by atoms with E-state index in [9.17, 15) is 4.79 Å². The minimum atomic E-state index is -0.170. The zero-order valence-corrected chi connectivity index (χ0v) is 12.0. The van der Waals surface area contributed by atoms with Gasteiger partial charge in [0.25, 0.3) is 0 Å². The van der Waals surface area contributed by atoms with Crippen molar-refractivity contribution in [2.45, 2.75) is 33.3 Å². The van der Waals surface area contributed by atoms with Gasteiger partial charge in [0.15, 0.2) is 0 Å². The van der Waals surface area contributed by atoms with Crippen molar-refractivity contribution in [2.24, 2.45) is 11.7 Å². The summed E-state index contributed by atoms with van der Waals surface area (Å²) in [5, 5.41) is 2.81. The van der Waals surface area contributed by atoms with Crippen LogP contribution in [0.4, 0.5) is 0 Å². The number of rotatable bonds is 7. The Hall–Kier alpha value is -1.55. The molecule has 0 aliphatic heterocycles. The second-order valence-corrected chi connectivity index (χ2v) is 4.84. The van der Waals surface area contributed by atoms with Gasteiger partial charge in [0.05, 0.1) is 12.0 Å². The Balaban J connectivity index is 2.62. The molecule has 4 nitrogen and oxygen atoms in total. The van der Waals surface area contributed by atoms with Crippen LogP contribution < -0.4 is 15.8 Å². The van der Waals surface area contributed by atoms with Crippen molar-refractivity contribution in [1.82, 2.24) is 5.32 Å². The summed E-state index contributed by atoms with van der Waals surface area (Å²) >= 11 is 0. The van der Waals surface area contributed by atoms with Gasteiger partial charge in [-0.25, -0.2) is 0 Å². The van der Waals surface area contributed by atoms with Crippen molar-refractivity contribution >= 4 is 5.91 Å². The Morgan fingerprint density at radius 2 is 1.95 bits per heavy atom. The number of amides is 1. The smallest absolute Gasteiger partial charge is 0.224 e. The summed E-state index contributed by atoms with van der Waals surface area (Å²) in [6, 6.07) is 7.83. The molecule has 0 fully saturated rings. The van der Waals surface area contributed by atoms with E-state index in [2.05, 4.69) is 5.32 Å². The predicted molar refractivity (Wildman–Crippen MR) is 77.1 cm³/mol. The molecule has 0 saturated carbocycles. The van der Waals surface area contributed by atoms with Crippen molar-refractivity contribution < 1.29 is 9.53 Å². The van der Waals surface area contributed by atoms with Crippen molar-refractivity contribution in [3.63, 3.8) is 0 Å². The number of nitrogens with one attached hydrogen (secondary N) is 1. The predicted octanol–water partition coefficient (Wildman–Crippen LogP) is 1.73. The molecule has 0 heterocycles. The maximum atomic E-state index is 11.8. The van der Waals surface area contributed by atoms with E-state index in [1.165, 1.54) is 0 Å². The minimum absolute atomic E-state index is 0.0208. The van der Waals surface area contributed by atoms with Crippen LogP contribution in [0.2, 0.25) is 0 Å². The van der Waals surface area contributed by atoms with Gasteiger partial charge in [0.2, 0.25) is 5.91 Å². The molecular weight excluding hydrogens is 240 g/mol. The second kappa shape index (κ2) is 7.79. The van der Waals surface area contributed by atoms with Crippen molar-refractivity contribution in [3.8, 4) is 5.75 Å². The largest absolute Gasteiger partial charge is 0.491 e. The van der Waals surface area contributed by atoms with E-state index in [1.54, 1.807) is 0 Å². The maximum absolute atomic E-state index is 11.8. The molecule has 0 saturated heterocycles. The summed E-state index contributed by atoms with van der Waals surface area (Å²) in [4.78, 5) is 11.8. The van der Waals surface area contributed by atoms with E-state index in [0.717, 1.165) is 11.3 Å². The Labute approximate surface area is 115 Å². The number of carbonyl (C=O) groups excluding carboxylic acids is 1. The Morgan fingerprint density at radius 3 is 2.42 bits per heavy atom. The van der Waals surface area contributed by atoms with E-state index in [-0.39, 0.29) is 17.9 Å². The fraction of sp³-hybridized carbons (Fsp3) is 0.533. The monoisotopic (exact) mass is 264 g/mol. The van der Waals surface area contributed by atoms with Crippen LogP contribution in [0.1, 0.15) is 26.3 Å². The van der Waals surface area contributed by atoms with Crippen molar-refractivity contribution in [1.29, 1.82) is 0 Å². The summed E-state index contributed by atoms with van der Waals surface area (Å²) in [5.74, 6) is 0.699. The molecule has 106 valence electrons. The molecule has 1 rings (SSSR count). The summed E-state index contributed by atoms with van der Waals surface area (Å²) in [6.07, 6.45) is 0.822. The van der Waals surface area contributed by atoms with E-state index in [4.69, 9.17) is 10.5 Å². The van der Waals surface area contributed by atoms with E-state index in [0.29, 0.717) is 19.5 Å². The number of ether oxygens (including phenoxy) is 1. The van der Waals surface area contributed by atoms with Crippen LogP contribution in [0.15, 0.2) is 24.3 Å². The lowest BCUT2D eigenvalue weighted by Gasteiger charge is -2.15. The Kier molecular flexibility index (Phi) is 6.36. The lowest BCUT2D eigenvalue weighted by molar-refractivity contribution is -0.124. The van der Waals surface area contributed by atoms with Gasteiger partial charge in [-0.05, 0) is 44.9 Å². The first-order valence-electron chi connectivity index (χ1n) is 6.80. The second-order valence-electron chi connectivity index (χ2n) is 4.84. The SMILES string of the molecule is CCNC(=O)C(CN)Cc1ccc(OC(C)C)cc1. The molecule has 0 radical (unpaired) electrons. The standard InChI is InChI=1S/C15H24N2O2/c1-4-17-15(18)13(10-16)9-12-5-7-14(8-6-12)19-11(2)3/h5-8,11,13H,4,9-10,16H2,1-3H3,(H,17,18). The van der Waals surface area contributed by atoms with Gasteiger partial charge in [-0.2, -0.15) is 0 Å². The molecule has 1 aromatic carbocycles. The molecule has 19 heavy (non-hydrogen) atoms. The van der Waals surface area contributed by atoms with Crippen LogP contribution in [-0.4, -0.2) is 25.1 Å². The number of benzene rings is 1. The first kappa shape index (κ1) is 15.5. The van der Waals surface area contributed by atoms with Gasteiger partial charge in [-0.3, -0.25) is 4.79 Å². The van der Waals surface area contributed by atoms with E-state index in [1.807, 2.05) is 45.0 Å². The van der Waals surface area contributed by atoms with Crippen LogP contribution in [-0.2, 0) is 11.2 Å². The fourth-order valence-corrected chi connectivity index (χ4v) is 1.86. The van der Waals surface area contributed by atoms with Crippen LogP contribution in [0.25, 0.3) is 0 Å². The molecule has 4 heteroatoms. The number of carbonyl (C=O) groups is 1. The van der Waals surface area contributed by atoms with Crippen LogP contribution in [0, 0.1) is 5.92 Å². The molecule has 1 atom stereocenters. The highest BCUT2D eigenvalue weighted by Crippen LogP contribution is 2.16. The first-order chi connectivity index (χ1) is 9.06. The van der Waals surface area contributed by atoms with Crippen molar-refractivity contribution in [2.75, 3.05) is 13.1 Å². The van der Waals surface area contributed by atoms with Gasteiger partial charge in [-0.1, -0.05) is 12.1 Å². The minimum Gasteiger partial charge on any atom is -0.491 e. The summed E-state index contributed by atoms with van der Waals surface area (Å²) < 4.78 is 5.58. The zero-order valence-electron chi connectivity index (χ0n) is 12.0. The fourth-order valence-electron chi connectivity index (χ4n) is 1.86. The third-order valence-corrected chi connectivity index (χ3v) is 2.78. The molecular formula is C15H24N2O2. The first-order valence-corrected chi connectivity index (χ1v) is 6.80. The van der Waals surface area contributed by atoms with Gasteiger partial charge in [0, 0.05) is 13.1 Å². The Morgan fingerprint density at radius 1 is 1.32 bits per heavy atom. The topological polar surface area (TPSA) is 64.4 Å². The molecule has 3 N–H and O–H groups in total. The summed E-state index contributed by atoms with van der Waals surface area (Å²) in [7, 11) is 0. The average Bonchev–Trinajstić information content (AvgIpc) is 2.37. The van der Waals surface area contributed by atoms with Gasteiger partial charge < -0.3 is 15.8 Å². The van der Waals surface area contributed by atoms with E-state index < -0.39 is 0 Å². The Bertz CT molecular complexity index is 388. The zero-order chi connectivity index (χ0) is 14.3. The van der Waals surface area contributed by atoms with Gasteiger partial charge >= 0.3 is 0 Å². The molecule has 0 aromatic heterocycles. The van der Waals surface area contributed by atoms with Crippen molar-refractivity contribution in [3.05, 3.63) is 29.8 Å². The highest BCUT2D eigenvalue weighted by atomic mass is 16.5. The third kappa shape index (κ3) is 5.30. The lowest BCUT2D eigenvalue weighted by Crippen LogP contribution is -2.36. The molecule has 1 amide bonds. The molecule has 0 spiro atoms. The molecule has 1 unspecified atom stereocenters. The van der Waals surface area contributed by atoms with E-state index >= 15 is 0 Å². The van der Waals surface area contributed by atoms with Crippen LogP contribution in [0.5, 0.6) is 5.75 Å². The summed E-state index contributed by atoms with van der Waals surface area (Å²) in [6.45, 7) is 6.89.